The number of nitrogens with zero attached hydrogens (tertiary/aromatic N) is 4. The minimum atomic E-state index is -0.179. The van der Waals surface area contributed by atoms with Crippen LogP contribution in [0.5, 0.6) is 5.75 Å². The van der Waals surface area contributed by atoms with E-state index in [9.17, 15) is 4.79 Å². The summed E-state index contributed by atoms with van der Waals surface area (Å²) in [5, 5.41) is 2.89. The molecule has 4 rings (SSSR count). The molecule has 0 bridgehead atoms. The fourth-order valence-corrected chi connectivity index (χ4v) is 3.12. The van der Waals surface area contributed by atoms with Crippen molar-refractivity contribution in [1.82, 2.24) is 18.3 Å². The maximum atomic E-state index is 12.4. The Bertz CT molecular complexity index is 1060. The summed E-state index contributed by atoms with van der Waals surface area (Å²) >= 11 is 1.17. The SMILES string of the molecule is Cc1nsnc1COc1ccc(C(=O)Nc2ccc(-n3ccnc3)cc2)cc1. The van der Waals surface area contributed by atoms with E-state index in [0.29, 0.717) is 17.9 Å². The van der Waals surface area contributed by atoms with Crippen LogP contribution in [0.25, 0.3) is 5.69 Å². The van der Waals surface area contributed by atoms with Crippen molar-refractivity contribution in [3.63, 3.8) is 0 Å². The second-order valence-corrected chi connectivity index (χ2v) is 6.61. The number of carbonyl (C=O) groups is 1. The number of aromatic nitrogens is 4. The minimum absolute atomic E-state index is 0.179. The van der Waals surface area contributed by atoms with E-state index in [0.717, 1.165) is 22.8 Å². The molecule has 0 aliphatic rings. The van der Waals surface area contributed by atoms with Gasteiger partial charge in [0.2, 0.25) is 0 Å². The van der Waals surface area contributed by atoms with Crippen LogP contribution >= 0.6 is 11.7 Å². The zero-order chi connectivity index (χ0) is 19.3. The van der Waals surface area contributed by atoms with Crippen LogP contribution in [0.2, 0.25) is 0 Å². The van der Waals surface area contributed by atoms with Crippen molar-refractivity contribution in [2.75, 3.05) is 5.32 Å². The molecule has 1 amide bonds. The van der Waals surface area contributed by atoms with Crippen molar-refractivity contribution in [3.05, 3.63) is 84.2 Å². The lowest BCUT2D eigenvalue weighted by Gasteiger charge is -2.08. The molecule has 0 saturated carbocycles. The molecule has 0 saturated heterocycles. The summed E-state index contributed by atoms with van der Waals surface area (Å²) in [5.74, 6) is 0.495. The Balaban J connectivity index is 1.36. The van der Waals surface area contributed by atoms with Crippen molar-refractivity contribution in [2.24, 2.45) is 0 Å². The molecular formula is C20H17N5O2S. The van der Waals surface area contributed by atoms with Gasteiger partial charge in [0.05, 0.1) is 23.7 Å². The normalized spacial score (nSPS) is 10.6. The quantitative estimate of drug-likeness (QED) is 0.540. The maximum Gasteiger partial charge on any atom is 0.255 e. The first-order valence-corrected chi connectivity index (χ1v) is 9.33. The van der Waals surface area contributed by atoms with Crippen molar-refractivity contribution in [3.8, 4) is 11.4 Å². The second-order valence-electron chi connectivity index (χ2n) is 6.08. The summed E-state index contributed by atoms with van der Waals surface area (Å²) in [6, 6.07) is 14.6. The van der Waals surface area contributed by atoms with E-state index in [4.69, 9.17) is 4.74 Å². The monoisotopic (exact) mass is 391 g/mol. The predicted molar refractivity (Wildman–Crippen MR) is 107 cm³/mol. The maximum absolute atomic E-state index is 12.4. The first kappa shape index (κ1) is 17.9. The number of anilines is 1. The van der Waals surface area contributed by atoms with Crippen LogP contribution in [0.4, 0.5) is 5.69 Å². The molecule has 2 aromatic heterocycles. The Hall–Kier alpha value is -3.52. The van der Waals surface area contributed by atoms with Crippen LogP contribution in [-0.4, -0.2) is 24.2 Å². The first-order valence-electron chi connectivity index (χ1n) is 8.60. The predicted octanol–water partition coefficient (Wildman–Crippen LogP) is 3.86. The molecule has 2 heterocycles. The Morgan fingerprint density at radius 2 is 1.89 bits per heavy atom. The number of carbonyl (C=O) groups excluding carboxylic acids is 1. The lowest BCUT2D eigenvalue weighted by molar-refractivity contribution is 0.102. The Labute approximate surface area is 166 Å². The minimum Gasteiger partial charge on any atom is -0.487 e. The number of imidazole rings is 1. The lowest BCUT2D eigenvalue weighted by atomic mass is 10.2. The fourth-order valence-electron chi connectivity index (χ4n) is 2.57. The molecule has 0 aliphatic heterocycles. The van der Waals surface area contributed by atoms with Gasteiger partial charge in [0.1, 0.15) is 18.1 Å². The molecule has 28 heavy (non-hydrogen) atoms. The summed E-state index contributed by atoms with van der Waals surface area (Å²) < 4.78 is 15.9. The molecule has 0 atom stereocenters. The van der Waals surface area contributed by atoms with Crippen molar-refractivity contribution < 1.29 is 9.53 Å². The average Bonchev–Trinajstić information content (AvgIpc) is 3.39. The molecular weight excluding hydrogens is 374 g/mol. The van der Waals surface area contributed by atoms with Gasteiger partial charge in [0.15, 0.2) is 0 Å². The van der Waals surface area contributed by atoms with Gasteiger partial charge in [-0.3, -0.25) is 4.79 Å². The third-order valence-corrected chi connectivity index (χ3v) is 4.82. The molecule has 0 aliphatic carbocycles. The van der Waals surface area contributed by atoms with Crippen molar-refractivity contribution >= 4 is 23.3 Å². The van der Waals surface area contributed by atoms with Crippen LogP contribution in [0.15, 0.2) is 67.3 Å². The van der Waals surface area contributed by atoms with Gasteiger partial charge in [-0.15, -0.1) is 0 Å². The van der Waals surface area contributed by atoms with Gasteiger partial charge in [-0.2, -0.15) is 8.75 Å². The third kappa shape index (κ3) is 4.07. The highest BCUT2D eigenvalue weighted by molar-refractivity contribution is 6.99. The number of amides is 1. The Morgan fingerprint density at radius 1 is 1.11 bits per heavy atom. The highest BCUT2D eigenvalue weighted by atomic mass is 32.1. The van der Waals surface area contributed by atoms with Gasteiger partial charge in [-0.05, 0) is 55.5 Å². The molecule has 0 unspecified atom stereocenters. The zero-order valence-corrected chi connectivity index (χ0v) is 15.9. The van der Waals surface area contributed by atoms with Crippen LogP contribution in [0.3, 0.4) is 0 Å². The number of nitrogens with one attached hydrogen (secondary N) is 1. The highest BCUT2D eigenvalue weighted by Crippen LogP contribution is 2.17. The molecule has 140 valence electrons. The van der Waals surface area contributed by atoms with Crippen LogP contribution in [0.1, 0.15) is 21.7 Å². The van der Waals surface area contributed by atoms with E-state index in [1.54, 1.807) is 36.8 Å². The molecule has 7 nitrogen and oxygen atoms in total. The van der Waals surface area contributed by atoms with E-state index < -0.39 is 0 Å². The van der Waals surface area contributed by atoms with Crippen LogP contribution in [0, 0.1) is 6.92 Å². The number of hydrogen-bond acceptors (Lipinski definition) is 6. The summed E-state index contributed by atoms with van der Waals surface area (Å²) in [5.41, 5.74) is 3.95. The highest BCUT2D eigenvalue weighted by Gasteiger charge is 2.08. The number of aryl methyl sites for hydroxylation is 1. The van der Waals surface area contributed by atoms with E-state index in [-0.39, 0.29) is 5.91 Å². The summed E-state index contributed by atoms with van der Waals surface area (Å²) in [7, 11) is 0. The molecule has 8 heteroatoms. The van der Waals surface area contributed by atoms with E-state index in [1.807, 2.05) is 42.0 Å². The Morgan fingerprint density at radius 3 is 2.54 bits per heavy atom. The van der Waals surface area contributed by atoms with Crippen molar-refractivity contribution in [2.45, 2.75) is 13.5 Å². The Kier molecular flexibility index (Phi) is 5.11. The number of benzene rings is 2. The van der Waals surface area contributed by atoms with E-state index in [2.05, 4.69) is 19.0 Å². The largest absolute Gasteiger partial charge is 0.487 e. The number of rotatable bonds is 6. The average molecular weight is 391 g/mol. The first-order chi connectivity index (χ1) is 13.7. The summed E-state index contributed by atoms with van der Waals surface area (Å²) in [4.78, 5) is 16.5. The zero-order valence-electron chi connectivity index (χ0n) is 15.1. The fraction of sp³-hybridized carbons (Fsp3) is 0.100. The summed E-state index contributed by atoms with van der Waals surface area (Å²) in [6.07, 6.45) is 5.31. The van der Waals surface area contributed by atoms with E-state index >= 15 is 0 Å². The molecule has 2 aromatic carbocycles. The topological polar surface area (TPSA) is 81.9 Å². The smallest absolute Gasteiger partial charge is 0.255 e. The lowest BCUT2D eigenvalue weighted by Crippen LogP contribution is -2.11. The third-order valence-electron chi connectivity index (χ3n) is 4.17. The van der Waals surface area contributed by atoms with Gasteiger partial charge in [-0.1, -0.05) is 0 Å². The van der Waals surface area contributed by atoms with Gasteiger partial charge < -0.3 is 14.6 Å². The van der Waals surface area contributed by atoms with Crippen LogP contribution in [-0.2, 0) is 6.61 Å². The number of ether oxygens (including phenoxy) is 1. The van der Waals surface area contributed by atoms with E-state index in [1.165, 1.54) is 11.7 Å². The second kappa shape index (κ2) is 8.01. The number of hydrogen-bond donors (Lipinski definition) is 1. The van der Waals surface area contributed by atoms with Gasteiger partial charge in [0, 0.05) is 29.3 Å². The molecule has 4 aromatic rings. The van der Waals surface area contributed by atoms with Crippen molar-refractivity contribution in [1.29, 1.82) is 0 Å². The molecule has 1 N–H and O–H groups in total. The molecule has 0 spiro atoms. The van der Waals surface area contributed by atoms with Crippen LogP contribution < -0.4 is 10.1 Å². The van der Waals surface area contributed by atoms with Gasteiger partial charge >= 0.3 is 0 Å². The summed E-state index contributed by atoms with van der Waals surface area (Å²) in [6.45, 7) is 2.26. The molecule has 0 fully saturated rings. The standard InChI is InChI=1S/C20H17N5O2S/c1-14-19(24-28-23-14)12-27-18-8-2-15(3-9-18)20(26)22-16-4-6-17(7-5-16)25-11-10-21-13-25/h2-11,13H,12H2,1H3,(H,22,26). The van der Waals surface area contributed by atoms with Gasteiger partial charge in [-0.25, -0.2) is 4.98 Å². The molecule has 0 radical (unpaired) electrons. The van der Waals surface area contributed by atoms with Gasteiger partial charge in [0.25, 0.3) is 5.91 Å².